The van der Waals surface area contributed by atoms with E-state index < -0.39 is 0 Å². The molecule has 3 heterocycles. The summed E-state index contributed by atoms with van der Waals surface area (Å²) in [4.78, 5) is 8.52. The lowest BCUT2D eigenvalue weighted by atomic mass is 10.2. The van der Waals surface area contributed by atoms with Crippen molar-refractivity contribution < 1.29 is 8.81 Å². The van der Waals surface area contributed by atoms with Gasteiger partial charge in [0.2, 0.25) is 11.8 Å². The molecule has 0 bridgehead atoms. The Morgan fingerprint density at radius 2 is 1.64 bits per heavy atom. The van der Waals surface area contributed by atoms with Crippen LogP contribution in [0.4, 0.5) is 10.1 Å². The predicted molar refractivity (Wildman–Crippen MR) is 91.4 cm³/mol. The van der Waals surface area contributed by atoms with Crippen molar-refractivity contribution >= 4 is 5.69 Å². The molecule has 0 unspecified atom stereocenters. The first-order valence-electron chi connectivity index (χ1n) is 8.23. The molecular formula is C18H18FN5O. The number of halogens is 1. The Bertz CT molecular complexity index is 813. The molecule has 7 heteroatoms. The van der Waals surface area contributed by atoms with E-state index in [0.29, 0.717) is 18.3 Å². The van der Waals surface area contributed by atoms with Crippen molar-refractivity contribution in [1.82, 2.24) is 20.1 Å². The van der Waals surface area contributed by atoms with Gasteiger partial charge < -0.3 is 9.32 Å². The summed E-state index contributed by atoms with van der Waals surface area (Å²) in [6.07, 6.45) is 3.40. The van der Waals surface area contributed by atoms with E-state index in [2.05, 4.69) is 25.0 Å². The van der Waals surface area contributed by atoms with Gasteiger partial charge >= 0.3 is 0 Å². The minimum absolute atomic E-state index is 0.205. The van der Waals surface area contributed by atoms with Crippen molar-refractivity contribution in [2.75, 3.05) is 31.1 Å². The molecule has 6 nitrogen and oxygen atoms in total. The average Bonchev–Trinajstić information content (AvgIpc) is 3.12. The molecule has 0 spiro atoms. The van der Waals surface area contributed by atoms with Gasteiger partial charge in [-0.05, 0) is 36.4 Å². The lowest BCUT2D eigenvalue weighted by Gasteiger charge is -2.35. The van der Waals surface area contributed by atoms with Crippen LogP contribution in [0.1, 0.15) is 5.89 Å². The van der Waals surface area contributed by atoms with Gasteiger partial charge in [0.25, 0.3) is 0 Å². The number of nitrogens with zero attached hydrogens (tertiary/aromatic N) is 5. The van der Waals surface area contributed by atoms with Gasteiger partial charge in [-0.3, -0.25) is 9.88 Å². The quantitative estimate of drug-likeness (QED) is 0.728. The number of hydrogen-bond acceptors (Lipinski definition) is 6. The zero-order valence-electron chi connectivity index (χ0n) is 13.7. The van der Waals surface area contributed by atoms with Gasteiger partial charge in [-0.1, -0.05) is 0 Å². The number of benzene rings is 1. The molecule has 1 saturated heterocycles. The summed E-state index contributed by atoms with van der Waals surface area (Å²) < 4.78 is 18.8. The molecule has 4 rings (SSSR count). The summed E-state index contributed by atoms with van der Waals surface area (Å²) in [5.41, 5.74) is 1.92. The molecular weight excluding hydrogens is 321 g/mol. The molecule has 0 N–H and O–H groups in total. The monoisotopic (exact) mass is 339 g/mol. The Kier molecular flexibility index (Phi) is 4.39. The Balaban J connectivity index is 1.34. The summed E-state index contributed by atoms with van der Waals surface area (Å²) in [5, 5.41) is 8.25. The van der Waals surface area contributed by atoms with Gasteiger partial charge in [0.15, 0.2) is 0 Å². The standard InChI is InChI=1S/C18H18FN5O/c19-15-1-3-16(4-2-15)24-11-9-23(10-12-24)13-17-21-22-18(25-17)14-5-7-20-8-6-14/h1-8H,9-13H2. The second kappa shape index (κ2) is 6.98. The summed E-state index contributed by atoms with van der Waals surface area (Å²) >= 11 is 0. The Morgan fingerprint density at radius 1 is 0.920 bits per heavy atom. The van der Waals surface area contributed by atoms with Gasteiger partial charge in [0.1, 0.15) is 5.82 Å². The highest BCUT2D eigenvalue weighted by atomic mass is 19.1. The molecule has 128 valence electrons. The largest absolute Gasteiger partial charge is 0.419 e. The number of aromatic nitrogens is 3. The number of piperazine rings is 1. The van der Waals surface area contributed by atoms with Crippen LogP contribution in [-0.4, -0.2) is 46.3 Å². The molecule has 0 amide bonds. The highest BCUT2D eigenvalue weighted by molar-refractivity contribution is 5.50. The highest BCUT2D eigenvalue weighted by Gasteiger charge is 2.19. The topological polar surface area (TPSA) is 58.3 Å². The minimum Gasteiger partial charge on any atom is -0.419 e. The lowest BCUT2D eigenvalue weighted by Crippen LogP contribution is -2.46. The molecule has 3 aromatic rings. The number of rotatable bonds is 4. The van der Waals surface area contributed by atoms with E-state index in [4.69, 9.17) is 4.42 Å². The first-order valence-corrected chi connectivity index (χ1v) is 8.23. The average molecular weight is 339 g/mol. The molecule has 1 fully saturated rings. The van der Waals surface area contributed by atoms with E-state index >= 15 is 0 Å². The Labute approximate surface area is 144 Å². The molecule has 25 heavy (non-hydrogen) atoms. The van der Waals surface area contributed by atoms with Crippen LogP contribution in [0.2, 0.25) is 0 Å². The SMILES string of the molecule is Fc1ccc(N2CCN(Cc3nnc(-c4ccncc4)o3)CC2)cc1. The predicted octanol–water partition coefficient (Wildman–Crippen LogP) is 2.59. The van der Waals surface area contributed by atoms with Crippen molar-refractivity contribution in [2.24, 2.45) is 0 Å². The second-order valence-electron chi connectivity index (χ2n) is 5.98. The molecule has 0 aliphatic carbocycles. The van der Waals surface area contributed by atoms with E-state index in [1.807, 2.05) is 24.3 Å². The summed E-state index contributed by atoms with van der Waals surface area (Å²) in [5.74, 6) is 0.924. The third kappa shape index (κ3) is 3.66. The maximum absolute atomic E-state index is 13.0. The van der Waals surface area contributed by atoms with E-state index in [9.17, 15) is 4.39 Å². The number of pyridine rings is 1. The van der Waals surface area contributed by atoms with Crippen molar-refractivity contribution in [3.63, 3.8) is 0 Å². The first-order chi connectivity index (χ1) is 12.3. The maximum Gasteiger partial charge on any atom is 0.247 e. The molecule has 1 aliphatic rings. The van der Waals surface area contributed by atoms with Crippen LogP contribution in [0.3, 0.4) is 0 Å². The molecule has 1 aliphatic heterocycles. The first kappa shape index (κ1) is 15.7. The van der Waals surface area contributed by atoms with Crippen LogP contribution in [0, 0.1) is 5.82 Å². The zero-order chi connectivity index (χ0) is 17.1. The lowest BCUT2D eigenvalue weighted by molar-refractivity contribution is 0.227. The van der Waals surface area contributed by atoms with Gasteiger partial charge in [0.05, 0.1) is 6.54 Å². The fourth-order valence-electron chi connectivity index (χ4n) is 2.94. The molecule has 0 atom stereocenters. The summed E-state index contributed by atoms with van der Waals surface area (Å²) in [6, 6.07) is 10.3. The Hall–Kier alpha value is -2.80. The fraction of sp³-hybridized carbons (Fsp3) is 0.278. The van der Waals surface area contributed by atoms with Crippen LogP contribution in [0.5, 0.6) is 0 Å². The van der Waals surface area contributed by atoms with Crippen LogP contribution in [0.15, 0.2) is 53.2 Å². The van der Waals surface area contributed by atoms with Gasteiger partial charge in [-0.25, -0.2) is 4.39 Å². The van der Waals surface area contributed by atoms with Crippen LogP contribution in [0.25, 0.3) is 11.5 Å². The van der Waals surface area contributed by atoms with Crippen molar-refractivity contribution in [3.8, 4) is 11.5 Å². The van der Waals surface area contributed by atoms with Gasteiger partial charge in [0, 0.05) is 49.8 Å². The van der Waals surface area contributed by atoms with Crippen molar-refractivity contribution in [1.29, 1.82) is 0 Å². The fourth-order valence-corrected chi connectivity index (χ4v) is 2.94. The normalized spacial score (nSPS) is 15.5. The van der Waals surface area contributed by atoms with Gasteiger partial charge in [-0.2, -0.15) is 0 Å². The smallest absolute Gasteiger partial charge is 0.247 e. The number of anilines is 1. The third-order valence-electron chi connectivity index (χ3n) is 4.32. The van der Waals surface area contributed by atoms with E-state index in [-0.39, 0.29) is 5.82 Å². The minimum atomic E-state index is -0.205. The van der Waals surface area contributed by atoms with Crippen molar-refractivity contribution in [3.05, 3.63) is 60.5 Å². The number of hydrogen-bond donors (Lipinski definition) is 0. The molecule has 0 saturated carbocycles. The summed E-state index contributed by atoms with van der Waals surface area (Å²) in [7, 11) is 0. The molecule has 0 radical (unpaired) electrons. The van der Waals surface area contributed by atoms with E-state index in [1.54, 1.807) is 12.4 Å². The Morgan fingerprint density at radius 3 is 2.36 bits per heavy atom. The zero-order valence-corrected chi connectivity index (χ0v) is 13.7. The van der Waals surface area contributed by atoms with Crippen molar-refractivity contribution in [2.45, 2.75) is 6.54 Å². The van der Waals surface area contributed by atoms with Crippen LogP contribution in [-0.2, 0) is 6.54 Å². The third-order valence-corrected chi connectivity index (χ3v) is 4.32. The second-order valence-corrected chi connectivity index (χ2v) is 5.98. The molecule has 1 aromatic carbocycles. The summed E-state index contributed by atoms with van der Waals surface area (Å²) in [6.45, 7) is 4.19. The maximum atomic E-state index is 13.0. The highest BCUT2D eigenvalue weighted by Crippen LogP contribution is 2.19. The van der Waals surface area contributed by atoms with E-state index in [1.165, 1.54) is 12.1 Å². The molecule has 2 aromatic heterocycles. The van der Waals surface area contributed by atoms with Gasteiger partial charge in [-0.15, -0.1) is 10.2 Å². The van der Waals surface area contributed by atoms with Crippen LogP contribution < -0.4 is 4.90 Å². The van der Waals surface area contributed by atoms with Crippen LogP contribution >= 0.6 is 0 Å². The van der Waals surface area contributed by atoms with E-state index in [0.717, 1.165) is 37.4 Å².